The van der Waals surface area contributed by atoms with Crippen molar-refractivity contribution in [2.75, 3.05) is 19.6 Å². The van der Waals surface area contributed by atoms with Gasteiger partial charge in [-0.3, -0.25) is 19.0 Å². The lowest BCUT2D eigenvalue weighted by atomic mass is 10.0. The molecule has 0 atom stereocenters. The Morgan fingerprint density at radius 2 is 1.86 bits per heavy atom. The molecule has 0 spiro atoms. The summed E-state index contributed by atoms with van der Waals surface area (Å²) >= 11 is 0. The molecule has 0 bridgehead atoms. The van der Waals surface area contributed by atoms with Gasteiger partial charge in [0.25, 0.3) is 0 Å². The Balaban J connectivity index is 1.42. The van der Waals surface area contributed by atoms with Crippen LogP contribution in [0.2, 0.25) is 0 Å². The van der Waals surface area contributed by atoms with Crippen LogP contribution in [-0.4, -0.2) is 60.8 Å². The maximum Gasteiger partial charge on any atom is 0.244 e. The van der Waals surface area contributed by atoms with Crippen LogP contribution in [0.1, 0.15) is 41.9 Å². The monoisotopic (exact) mass is 384 g/mol. The fourth-order valence-corrected chi connectivity index (χ4v) is 4.22. The molecule has 4 heterocycles. The zero-order valence-corrected chi connectivity index (χ0v) is 16.7. The minimum Gasteiger partial charge on any atom is -0.343 e. The fourth-order valence-electron chi connectivity index (χ4n) is 4.22. The summed E-state index contributed by atoms with van der Waals surface area (Å²) in [5.74, 6) is 0.284. The van der Waals surface area contributed by atoms with Crippen LogP contribution in [0, 0.1) is 6.92 Å². The molecule has 0 radical (unpaired) electrons. The van der Waals surface area contributed by atoms with Crippen LogP contribution in [-0.2, 0) is 42.6 Å². The van der Waals surface area contributed by atoms with Gasteiger partial charge in [0.2, 0.25) is 11.8 Å². The lowest BCUT2D eigenvalue weighted by Gasteiger charge is -2.28. The van der Waals surface area contributed by atoms with E-state index in [1.807, 2.05) is 40.7 Å². The number of hydrogen-bond donors (Lipinski definition) is 0. The summed E-state index contributed by atoms with van der Waals surface area (Å²) in [6, 6.07) is 1.90. The lowest BCUT2D eigenvalue weighted by Crippen LogP contribution is -2.38. The number of aryl methyl sites for hydroxylation is 3. The van der Waals surface area contributed by atoms with E-state index in [1.165, 1.54) is 5.69 Å². The maximum absolute atomic E-state index is 12.7. The predicted octanol–water partition coefficient (Wildman–Crippen LogP) is 1.06. The standard InChI is InChI=1S/C20H28N6O2/c1-15-7-12-26(21-15)14-20(28)25-11-8-18-16(13-25)17(22-23(18)2)5-6-19(27)24-9-3-4-10-24/h7,12H,3-6,8-11,13-14H2,1-2H3. The highest BCUT2D eigenvalue weighted by Gasteiger charge is 2.27. The highest BCUT2D eigenvalue weighted by molar-refractivity contribution is 5.77. The summed E-state index contributed by atoms with van der Waals surface area (Å²) in [7, 11) is 1.95. The Hall–Kier alpha value is -2.64. The third-order valence-electron chi connectivity index (χ3n) is 5.78. The van der Waals surface area contributed by atoms with Gasteiger partial charge in [0, 0.05) is 69.9 Å². The predicted molar refractivity (Wildman–Crippen MR) is 103 cm³/mol. The molecule has 0 unspecified atom stereocenters. The second-order valence-corrected chi connectivity index (χ2v) is 7.80. The first-order chi connectivity index (χ1) is 13.5. The molecule has 4 rings (SSSR count). The van der Waals surface area contributed by atoms with E-state index in [1.54, 1.807) is 4.68 Å². The quantitative estimate of drug-likeness (QED) is 0.773. The number of carbonyl (C=O) groups excluding carboxylic acids is 2. The van der Waals surface area contributed by atoms with Gasteiger partial charge in [0.15, 0.2) is 0 Å². The molecule has 0 N–H and O–H groups in total. The van der Waals surface area contributed by atoms with Gasteiger partial charge in [0.1, 0.15) is 6.54 Å². The molecule has 8 heteroatoms. The van der Waals surface area contributed by atoms with Crippen molar-refractivity contribution >= 4 is 11.8 Å². The van der Waals surface area contributed by atoms with Crippen LogP contribution in [0.3, 0.4) is 0 Å². The Morgan fingerprint density at radius 3 is 2.57 bits per heavy atom. The second-order valence-electron chi connectivity index (χ2n) is 7.80. The van der Waals surface area contributed by atoms with E-state index in [2.05, 4.69) is 10.2 Å². The fraction of sp³-hybridized carbons (Fsp3) is 0.600. The molecule has 1 saturated heterocycles. The topological polar surface area (TPSA) is 76.3 Å². The highest BCUT2D eigenvalue weighted by atomic mass is 16.2. The highest BCUT2D eigenvalue weighted by Crippen LogP contribution is 2.24. The SMILES string of the molecule is Cc1ccn(CC(=O)N2CCc3c(c(CCC(=O)N4CCCC4)nn3C)C2)n1. The molecule has 2 aliphatic rings. The summed E-state index contributed by atoms with van der Waals surface area (Å²) in [4.78, 5) is 28.9. The van der Waals surface area contributed by atoms with E-state index in [4.69, 9.17) is 0 Å². The van der Waals surface area contributed by atoms with Gasteiger partial charge >= 0.3 is 0 Å². The Labute approximate surface area is 165 Å². The maximum atomic E-state index is 12.7. The van der Waals surface area contributed by atoms with E-state index in [0.717, 1.165) is 49.3 Å². The summed E-state index contributed by atoms with van der Waals surface area (Å²) in [6.45, 7) is 5.20. The molecule has 2 aliphatic heterocycles. The average molecular weight is 384 g/mol. The molecule has 0 saturated carbocycles. The molecule has 2 amide bonds. The number of hydrogen-bond acceptors (Lipinski definition) is 4. The van der Waals surface area contributed by atoms with E-state index < -0.39 is 0 Å². The van der Waals surface area contributed by atoms with Crippen LogP contribution < -0.4 is 0 Å². The number of aromatic nitrogens is 4. The van der Waals surface area contributed by atoms with Gasteiger partial charge in [0.05, 0.1) is 11.4 Å². The molecule has 28 heavy (non-hydrogen) atoms. The number of carbonyl (C=O) groups is 2. The van der Waals surface area contributed by atoms with E-state index in [0.29, 0.717) is 25.9 Å². The van der Waals surface area contributed by atoms with Crippen LogP contribution in [0.15, 0.2) is 12.3 Å². The lowest BCUT2D eigenvalue weighted by molar-refractivity contribution is -0.133. The second kappa shape index (κ2) is 7.77. The average Bonchev–Trinajstić information content (AvgIpc) is 3.41. The van der Waals surface area contributed by atoms with Crippen molar-refractivity contribution in [1.29, 1.82) is 0 Å². The first-order valence-corrected chi connectivity index (χ1v) is 10.1. The Kier molecular flexibility index (Phi) is 5.19. The molecule has 2 aromatic rings. The van der Waals surface area contributed by atoms with Crippen molar-refractivity contribution in [1.82, 2.24) is 29.4 Å². The van der Waals surface area contributed by atoms with Gasteiger partial charge in [-0.05, 0) is 25.8 Å². The van der Waals surface area contributed by atoms with Gasteiger partial charge in [-0.2, -0.15) is 10.2 Å². The van der Waals surface area contributed by atoms with Gasteiger partial charge in [-0.15, -0.1) is 0 Å². The van der Waals surface area contributed by atoms with Crippen molar-refractivity contribution in [2.45, 2.75) is 52.1 Å². The third-order valence-corrected chi connectivity index (χ3v) is 5.78. The normalized spacial score (nSPS) is 16.5. The zero-order chi connectivity index (χ0) is 19.7. The van der Waals surface area contributed by atoms with Crippen LogP contribution >= 0.6 is 0 Å². The molecular weight excluding hydrogens is 356 g/mol. The number of rotatable bonds is 5. The molecule has 1 fully saturated rings. The van der Waals surface area contributed by atoms with Gasteiger partial charge in [-0.25, -0.2) is 0 Å². The van der Waals surface area contributed by atoms with Crippen LogP contribution in [0.25, 0.3) is 0 Å². The minimum atomic E-state index is 0.0664. The first kappa shape index (κ1) is 18.7. The molecule has 8 nitrogen and oxygen atoms in total. The molecule has 0 aliphatic carbocycles. The van der Waals surface area contributed by atoms with Crippen LogP contribution in [0.4, 0.5) is 0 Å². The third kappa shape index (κ3) is 3.81. The largest absolute Gasteiger partial charge is 0.343 e. The van der Waals surface area contributed by atoms with Gasteiger partial charge < -0.3 is 9.80 Å². The van der Waals surface area contributed by atoms with E-state index >= 15 is 0 Å². The number of likely N-dealkylation sites (tertiary alicyclic amines) is 1. The van der Waals surface area contributed by atoms with E-state index in [-0.39, 0.29) is 18.4 Å². The summed E-state index contributed by atoms with van der Waals surface area (Å²) < 4.78 is 3.61. The van der Waals surface area contributed by atoms with Crippen molar-refractivity contribution in [3.8, 4) is 0 Å². The van der Waals surface area contributed by atoms with Crippen molar-refractivity contribution in [3.05, 3.63) is 34.9 Å². The summed E-state index contributed by atoms with van der Waals surface area (Å²) in [5, 5.41) is 8.97. The molecular formula is C20H28N6O2. The number of amides is 2. The molecule has 0 aromatic carbocycles. The summed E-state index contributed by atoms with van der Waals surface area (Å²) in [5.41, 5.74) is 4.17. The Morgan fingerprint density at radius 1 is 1.07 bits per heavy atom. The number of nitrogens with zero attached hydrogens (tertiary/aromatic N) is 6. The van der Waals surface area contributed by atoms with Crippen LogP contribution in [0.5, 0.6) is 0 Å². The first-order valence-electron chi connectivity index (χ1n) is 10.1. The zero-order valence-electron chi connectivity index (χ0n) is 16.7. The molecule has 2 aromatic heterocycles. The molecule has 150 valence electrons. The minimum absolute atomic E-state index is 0.0664. The van der Waals surface area contributed by atoms with Crippen molar-refractivity contribution in [2.24, 2.45) is 7.05 Å². The van der Waals surface area contributed by atoms with Gasteiger partial charge in [-0.1, -0.05) is 0 Å². The van der Waals surface area contributed by atoms with E-state index in [9.17, 15) is 9.59 Å². The smallest absolute Gasteiger partial charge is 0.244 e. The number of fused-ring (bicyclic) bond motifs is 1. The summed E-state index contributed by atoms with van der Waals surface area (Å²) in [6.07, 6.45) is 5.98. The van der Waals surface area contributed by atoms with Crippen molar-refractivity contribution < 1.29 is 9.59 Å². The Bertz CT molecular complexity index is 877. The van der Waals surface area contributed by atoms with Crippen molar-refractivity contribution in [3.63, 3.8) is 0 Å².